The smallest absolute Gasteiger partial charge is 0.314 e. The molecule has 0 radical (unpaired) electrons. The Balaban J connectivity index is 1.63. The van der Waals surface area contributed by atoms with Crippen LogP contribution >= 0.6 is 11.6 Å². The fourth-order valence-corrected chi connectivity index (χ4v) is 4.43. The van der Waals surface area contributed by atoms with E-state index >= 15 is 0 Å². The Morgan fingerprint density at radius 1 is 1.04 bits per heavy atom. The maximum absolute atomic E-state index is 13.3. The molecule has 1 heterocycles. The van der Waals surface area contributed by atoms with Crippen LogP contribution in [0.15, 0.2) is 47.4 Å². The molecule has 0 amide bonds. The zero-order chi connectivity index (χ0) is 19.6. The molecule has 1 aliphatic rings. The average Bonchev–Trinajstić information content (AvgIpc) is 2.66. The lowest BCUT2D eigenvalue weighted by atomic mass is 9.98. The number of carbonyl (C=O) groups is 1. The maximum atomic E-state index is 13.3. The number of carbonyl (C=O) groups excluding carboxylic acids is 1. The number of halogens is 3. The van der Waals surface area contributed by atoms with Gasteiger partial charge in [-0.3, -0.25) is 4.79 Å². The van der Waals surface area contributed by atoms with Crippen molar-refractivity contribution in [1.82, 2.24) is 4.31 Å². The Hall–Kier alpha value is -2.03. The Bertz CT molecular complexity index is 942. The van der Waals surface area contributed by atoms with Crippen molar-refractivity contribution >= 4 is 27.6 Å². The molecular weight excluding hydrogens is 400 g/mol. The second-order valence-corrected chi connectivity index (χ2v) is 8.50. The van der Waals surface area contributed by atoms with Gasteiger partial charge in [0.1, 0.15) is 5.75 Å². The maximum Gasteiger partial charge on any atom is 0.314 e. The van der Waals surface area contributed by atoms with Gasteiger partial charge >= 0.3 is 5.97 Å². The van der Waals surface area contributed by atoms with E-state index in [-0.39, 0.29) is 30.8 Å². The van der Waals surface area contributed by atoms with E-state index in [0.717, 1.165) is 16.4 Å². The van der Waals surface area contributed by atoms with Gasteiger partial charge in [0.05, 0.1) is 10.8 Å². The highest BCUT2D eigenvalue weighted by Crippen LogP contribution is 2.26. The minimum Gasteiger partial charge on any atom is -0.426 e. The van der Waals surface area contributed by atoms with Gasteiger partial charge < -0.3 is 4.74 Å². The Morgan fingerprint density at radius 3 is 2.26 bits per heavy atom. The van der Waals surface area contributed by atoms with Gasteiger partial charge in [-0.1, -0.05) is 11.6 Å². The highest BCUT2D eigenvalue weighted by atomic mass is 35.5. The Kier molecular flexibility index (Phi) is 5.78. The van der Waals surface area contributed by atoms with Crippen LogP contribution in [0.2, 0.25) is 5.02 Å². The predicted molar refractivity (Wildman–Crippen MR) is 94.9 cm³/mol. The number of esters is 1. The lowest BCUT2D eigenvalue weighted by Crippen LogP contribution is -2.41. The molecule has 3 rings (SSSR count). The molecule has 0 bridgehead atoms. The van der Waals surface area contributed by atoms with Gasteiger partial charge in [-0.15, -0.1) is 0 Å². The first kappa shape index (κ1) is 19.7. The van der Waals surface area contributed by atoms with E-state index in [1.807, 2.05) is 0 Å². The molecule has 1 aliphatic heterocycles. The van der Waals surface area contributed by atoms with Gasteiger partial charge in [-0.2, -0.15) is 4.31 Å². The van der Waals surface area contributed by atoms with Gasteiger partial charge in [0.15, 0.2) is 11.6 Å². The van der Waals surface area contributed by atoms with Crippen LogP contribution in [0.3, 0.4) is 0 Å². The average molecular weight is 416 g/mol. The van der Waals surface area contributed by atoms with Gasteiger partial charge in [0.25, 0.3) is 0 Å². The SMILES string of the molecule is O=C(Oc1ccc(Cl)cc1)C1CCN(S(=O)(=O)c2ccc(F)c(F)c2)CC1. The first-order chi connectivity index (χ1) is 12.8. The second-order valence-electron chi connectivity index (χ2n) is 6.13. The summed E-state index contributed by atoms with van der Waals surface area (Å²) >= 11 is 5.78. The molecule has 1 saturated heterocycles. The van der Waals surface area contributed by atoms with Gasteiger partial charge in [-0.25, -0.2) is 17.2 Å². The summed E-state index contributed by atoms with van der Waals surface area (Å²) in [5.41, 5.74) is 0. The van der Waals surface area contributed by atoms with E-state index < -0.39 is 33.5 Å². The summed E-state index contributed by atoms with van der Waals surface area (Å²) in [6.45, 7) is 0.170. The Labute approximate surface area is 160 Å². The summed E-state index contributed by atoms with van der Waals surface area (Å²) < 4.78 is 57.9. The first-order valence-corrected chi connectivity index (χ1v) is 10.0. The molecule has 0 spiro atoms. The van der Waals surface area contributed by atoms with Crippen LogP contribution in [-0.2, 0) is 14.8 Å². The van der Waals surface area contributed by atoms with E-state index in [9.17, 15) is 22.0 Å². The largest absolute Gasteiger partial charge is 0.426 e. The van der Waals surface area contributed by atoms with Crippen LogP contribution in [0.4, 0.5) is 8.78 Å². The van der Waals surface area contributed by atoms with E-state index in [2.05, 4.69) is 0 Å². The molecule has 0 aromatic heterocycles. The van der Waals surface area contributed by atoms with Crippen molar-refractivity contribution in [3.63, 3.8) is 0 Å². The van der Waals surface area contributed by atoms with Gasteiger partial charge in [-0.05, 0) is 55.3 Å². The molecule has 0 N–H and O–H groups in total. The Morgan fingerprint density at radius 2 is 1.67 bits per heavy atom. The highest BCUT2D eigenvalue weighted by molar-refractivity contribution is 7.89. The standard InChI is InChI=1S/C18H16ClF2NO4S/c19-13-1-3-14(4-2-13)26-18(23)12-7-9-22(10-8-12)27(24,25)15-5-6-16(20)17(21)11-15/h1-6,11-12H,7-10H2. The molecule has 0 atom stereocenters. The summed E-state index contributed by atoms with van der Waals surface area (Å²) in [4.78, 5) is 11.9. The summed E-state index contributed by atoms with van der Waals surface area (Å²) in [7, 11) is -3.95. The molecule has 0 saturated carbocycles. The van der Waals surface area contributed by atoms with E-state index in [1.165, 1.54) is 0 Å². The molecule has 27 heavy (non-hydrogen) atoms. The number of hydrogen-bond donors (Lipinski definition) is 0. The highest BCUT2D eigenvalue weighted by Gasteiger charge is 2.33. The molecule has 0 unspecified atom stereocenters. The predicted octanol–water partition coefficient (Wildman–Crippen LogP) is 3.62. The summed E-state index contributed by atoms with van der Waals surface area (Å²) in [6, 6.07) is 8.80. The molecule has 9 heteroatoms. The molecule has 5 nitrogen and oxygen atoms in total. The summed E-state index contributed by atoms with van der Waals surface area (Å²) in [5.74, 6) is -2.87. The third kappa shape index (κ3) is 4.45. The van der Waals surface area contributed by atoms with Crippen LogP contribution in [0.25, 0.3) is 0 Å². The first-order valence-electron chi connectivity index (χ1n) is 8.20. The normalized spacial score (nSPS) is 16.3. The van der Waals surface area contributed by atoms with Crippen molar-refractivity contribution in [1.29, 1.82) is 0 Å². The minimum absolute atomic E-state index is 0.0850. The topological polar surface area (TPSA) is 63.7 Å². The van der Waals surface area contributed by atoms with Crippen molar-refractivity contribution in [3.05, 3.63) is 59.1 Å². The van der Waals surface area contributed by atoms with Crippen LogP contribution in [0.1, 0.15) is 12.8 Å². The number of ether oxygens (including phenoxy) is 1. The lowest BCUT2D eigenvalue weighted by Gasteiger charge is -2.30. The molecule has 144 valence electrons. The molecule has 1 fully saturated rings. The van der Waals surface area contributed by atoms with Gasteiger partial charge in [0, 0.05) is 18.1 Å². The van der Waals surface area contributed by atoms with Gasteiger partial charge in [0.2, 0.25) is 10.0 Å². The van der Waals surface area contributed by atoms with Crippen molar-refractivity contribution in [3.8, 4) is 5.75 Å². The number of nitrogens with zero attached hydrogens (tertiary/aromatic N) is 1. The molecule has 0 aliphatic carbocycles. The number of hydrogen-bond acceptors (Lipinski definition) is 4. The van der Waals surface area contributed by atoms with Crippen molar-refractivity contribution < 1.29 is 26.7 Å². The van der Waals surface area contributed by atoms with E-state index in [0.29, 0.717) is 16.8 Å². The zero-order valence-corrected chi connectivity index (χ0v) is 15.6. The van der Waals surface area contributed by atoms with Crippen molar-refractivity contribution in [2.24, 2.45) is 5.92 Å². The number of sulfonamides is 1. The van der Waals surface area contributed by atoms with Crippen LogP contribution in [0.5, 0.6) is 5.75 Å². The second kappa shape index (κ2) is 7.92. The monoisotopic (exact) mass is 415 g/mol. The summed E-state index contributed by atoms with van der Waals surface area (Å²) in [5, 5.41) is 0.519. The fourth-order valence-electron chi connectivity index (χ4n) is 2.82. The third-order valence-corrected chi connectivity index (χ3v) is 6.49. The van der Waals surface area contributed by atoms with E-state index in [1.54, 1.807) is 24.3 Å². The van der Waals surface area contributed by atoms with Crippen molar-refractivity contribution in [2.75, 3.05) is 13.1 Å². The molecule has 2 aromatic rings. The number of piperidine rings is 1. The van der Waals surface area contributed by atoms with Crippen LogP contribution < -0.4 is 4.74 Å². The lowest BCUT2D eigenvalue weighted by molar-refractivity contribution is -0.140. The fraction of sp³-hybridized carbons (Fsp3) is 0.278. The van der Waals surface area contributed by atoms with Crippen LogP contribution in [-0.4, -0.2) is 31.8 Å². The minimum atomic E-state index is -3.95. The number of benzene rings is 2. The third-order valence-electron chi connectivity index (χ3n) is 4.35. The van der Waals surface area contributed by atoms with Crippen molar-refractivity contribution in [2.45, 2.75) is 17.7 Å². The van der Waals surface area contributed by atoms with E-state index in [4.69, 9.17) is 16.3 Å². The summed E-state index contributed by atoms with van der Waals surface area (Å²) in [6.07, 6.45) is 0.546. The molecule has 2 aromatic carbocycles. The molecular formula is C18H16ClF2NO4S. The zero-order valence-electron chi connectivity index (χ0n) is 14.1. The quantitative estimate of drug-likeness (QED) is 0.565. The van der Waals surface area contributed by atoms with Crippen LogP contribution in [0, 0.1) is 17.6 Å². The number of rotatable bonds is 4.